The smallest absolute Gasteiger partial charge is 0.249 e. The first kappa shape index (κ1) is 30.6. The van der Waals surface area contributed by atoms with Gasteiger partial charge in [-0.15, -0.1) is 0 Å². The molecule has 0 aromatic heterocycles. The number of hydrogen-bond acceptors (Lipinski definition) is 6. The fourth-order valence-corrected chi connectivity index (χ4v) is 6.12. The van der Waals surface area contributed by atoms with Crippen molar-refractivity contribution in [3.05, 3.63) is 101 Å². The van der Waals surface area contributed by atoms with Crippen LogP contribution in [-0.4, -0.2) is 52.6 Å². The first-order valence-corrected chi connectivity index (χ1v) is 16.0. The number of halogens is 2. The van der Waals surface area contributed by atoms with Gasteiger partial charge in [-0.1, -0.05) is 67.9 Å². The van der Waals surface area contributed by atoms with Crippen molar-refractivity contribution in [2.75, 3.05) is 13.1 Å². The number of rotatable bonds is 9. The lowest BCUT2D eigenvalue weighted by Crippen LogP contribution is -2.46. The van der Waals surface area contributed by atoms with Gasteiger partial charge in [-0.3, -0.25) is 0 Å². The molecule has 4 N–H and O–H groups in total. The predicted octanol–water partition coefficient (Wildman–Crippen LogP) is 3.43. The van der Waals surface area contributed by atoms with E-state index < -0.39 is 32.1 Å². The molecule has 0 radical (unpaired) electrons. The Labute approximate surface area is 244 Å². The molecule has 0 unspecified atom stereocenters. The van der Waals surface area contributed by atoms with Crippen LogP contribution in [0.15, 0.2) is 93.9 Å². The summed E-state index contributed by atoms with van der Waals surface area (Å²) in [5.74, 6) is -1.06. The lowest BCUT2D eigenvalue weighted by molar-refractivity contribution is 0.438. The minimum atomic E-state index is -4.15. The first-order valence-electron chi connectivity index (χ1n) is 12.6. The van der Waals surface area contributed by atoms with E-state index in [0.717, 1.165) is 5.56 Å². The Bertz CT molecular complexity index is 1630. The molecule has 0 bridgehead atoms. The van der Waals surface area contributed by atoms with E-state index in [1.165, 1.54) is 41.4 Å². The van der Waals surface area contributed by atoms with Crippen LogP contribution in [0.1, 0.15) is 30.9 Å². The van der Waals surface area contributed by atoms with Gasteiger partial charge in [-0.25, -0.2) is 32.7 Å². The summed E-state index contributed by atoms with van der Waals surface area (Å²) in [6, 6.07) is 20.2. The van der Waals surface area contributed by atoms with Crippen molar-refractivity contribution >= 4 is 43.5 Å². The number of hydrazone groups is 1. The van der Waals surface area contributed by atoms with Crippen LogP contribution < -0.4 is 14.6 Å². The van der Waals surface area contributed by atoms with E-state index in [9.17, 15) is 21.2 Å². The molecule has 1 aliphatic rings. The van der Waals surface area contributed by atoms with Crippen LogP contribution in [0.5, 0.6) is 0 Å². The van der Waals surface area contributed by atoms with Crippen molar-refractivity contribution in [1.82, 2.24) is 14.5 Å². The van der Waals surface area contributed by atoms with E-state index in [2.05, 4.69) is 14.4 Å². The Morgan fingerprint density at radius 3 is 2.27 bits per heavy atom. The molecule has 3 aromatic rings. The monoisotopic (exact) mass is 620 g/mol. The number of aliphatic imine (C=N–C) groups is 1. The topological polar surface area (TPSA) is 146 Å². The fraction of sp³-hybridized carbons (Fsp3) is 0.259. The second-order valence-electron chi connectivity index (χ2n) is 9.77. The number of nitrogens with two attached hydrogens (primary N) is 1. The maximum absolute atomic E-state index is 13.7. The molecule has 0 amide bonds. The van der Waals surface area contributed by atoms with Crippen molar-refractivity contribution in [2.24, 2.45) is 21.2 Å². The van der Waals surface area contributed by atoms with Gasteiger partial charge in [-0.05, 0) is 53.4 Å². The molecule has 3 aromatic carbocycles. The molecular weight excluding hydrogens is 591 g/mol. The van der Waals surface area contributed by atoms with Crippen LogP contribution in [0.3, 0.4) is 0 Å². The number of nitrogens with one attached hydrogen (secondary N) is 2. The molecule has 0 fully saturated rings. The lowest BCUT2D eigenvalue weighted by Gasteiger charge is -2.23. The highest BCUT2D eigenvalue weighted by molar-refractivity contribution is 7.90. The van der Waals surface area contributed by atoms with E-state index in [1.807, 2.05) is 30.3 Å². The largest absolute Gasteiger partial charge is 0.274 e. The fourth-order valence-electron chi connectivity index (χ4n) is 4.20. The van der Waals surface area contributed by atoms with Gasteiger partial charge >= 0.3 is 0 Å². The van der Waals surface area contributed by atoms with E-state index in [0.29, 0.717) is 16.3 Å². The number of guanidine groups is 1. The zero-order chi connectivity index (χ0) is 29.8. The molecule has 2 atom stereocenters. The van der Waals surface area contributed by atoms with Gasteiger partial charge in [0.25, 0.3) is 20.2 Å². The van der Waals surface area contributed by atoms with Gasteiger partial charge in [0.2, 0.25) is 5.96 Å². The van der Waals surface area contributed by atoms with Gasteiger partial charge in [0.15, 0.2) is 0 Å². The van der Waals surface area contributed by atoms with Crippen LogP contribution >= 0.6 is 11.6 Å². The minimum absolute atomic E-state index is 0.0563. The molecule has 0 aliphatic carbocycles. The molecule has 0 spiro atoms. The van der Waals surface area contributed by atoms with E-state index >= 15 is 0 Å². The summed E-state index contributed by atoms with van der Waals surface area (Å²) in [5.41, 5.74) is 2.14. The summed E-state index contributed by atoms with van der Waals surface area (Å²) in [4.78, 5) is 4.43. The SMILES string of the molecule is CC(C)[C@@H](CN=C(NS(=O)(=O)c1ccc(Cl)cc1)N1C[C@@H](c2ccccc2)C(c2ccc(F)cc2)=N1)NS(N)(=O)=O. The van der Waals surface area contributed by atoms with E-state index in [-0.39, 0.29) is 35.8 Å². The number of sulfonamides is 1. The highest BCUT2D eigenvalue weighted by Gasteiger charge is 2.33. The summed E-state index contributed by atoms with van der Waals surface area (Å²) in [5, 5.41) is 11.7. The van der Waals surface area contributed by atoms with Gasteiger partial charge in [0, 0.05) is 17.0 Å². The zero-order valence-corrected chi connectivity index (χ0v) is 24.7. The van der Waals surface area contributed by atoms with Crippen molar-refractivity contribution in [2.45, 2.75) is 30.7 Å². The second kappa shape index (κ2) is 12.7. The minimum Gasteiger partial charge on any atom is -0.249 e. The van der Waals surface area contributed by atoms with Gasteiger partial charge < -0.3 is 0 Å². The molecule has 218 valence electrons. The maximum atomic E-state index is 13.7. The Hall–Kier alpha value is -3.36. The predicted molar refractivity (Wildman–Crippen MR) is 158 cm³/mol. The van der Waals surface area contributed by atoms with Crippen molar-refractivity contribution in [1.29, 1.82) is 0 Å². The van der Waals surface area contributed by atoms with Crippen molar-refractivity contribution in [3.63, 3.8) is 0 Å². The van der Waals surface area contributed by atoms with E-state index in [1.54, 1.807) is 26.0 Å². The Kier molecular flexibility index (Phi) is 9.44. The highest BCUT2D eigenvalue weighted by Crippen LogP contribution is 2.29. The highest BCUT2D eigenvalue weighted by atomic mass is 35.5. The third-order valence-electron chi connectivity index (χ3n) is 6.41. The Morgan fingerprint density at radius 1 is 1.05 bits per heavy atom. The maximum Gasteiger partial charge on any atom is 0.274 e. The first-order chi connectivity index (χ1) is 19.3. The van der Waals surface area contributed by atoms with Crippen molar-refractivity contribution < 1.29 is 21.2 Å². The van der Waals surface area contributed by atoms with Gasteiger partial charge in [-0.2, -0.15) is 18.2 Å². The average molecular weight is 621 g/mol. The summed E-state index contributed by atoms with van der Waals surface area (Å²) in [6.07, 6.45) is 0. The van der Waals surface area contributed by atoms with Crippen LogP contribution in [-0.2, 0) is 20.2 Å². The quantitative estimate of drug-likeness (QED) is 0.248. The Morgan fingerprint density at radius 2 is 1.68 bits per heavy atom. The van der Waals surface area contributed by atoms with Crippen LogP contribution in [0.25, 0.3) is 0 Å². The molecule has 41 heavy (non-hydrogen) atoms. The summed E-state index contributed by atoms with van der Waals surface area (Å²) >= 11 is 5.94. The van der Waals surface area contributed by atoms with Gasteiger partial charge in [0.05, 0.1) is 23.7 Å². The number of benzene rings is 3. The van der Waals surface area contributed by atoms with Crippen LogP contribution in [0.2, 0.25) is 5.02 Å². The molecule has 1 aliphatic heterocycles. The molecule has 1 heterocycles. The molecule has 4 rings (SSSR count). The standard InChI is InChI=1S/C27H30ClFN6O4S2/c1-18(2)25(33-41(30,38)39)16-31-27(34-40(36,37)23-14-10-21(28)11-15-23)35-17-24(19-6-4-3-5-7-19)26(32-35)20-8-12-22(29)13-9-20/h3-15,18,24-25,33H,16-17H2,1-2H3,(H,31,34)(H2,30,38,39)/t24-,25+/m0/s1. The molecule has 10 nitrogen and oxygen atoms in total. The zero-order valence-electron chi connectivity index (χ0n) is 22.3. The van der Waals surface area contributed by atoms with Crippen LogP contribution in [0, 0.1) is 11.7 Å². The summed E-state index contributed by atoms with van der Waals surface area (Å²) < 4.78 is 68.8. The molecular formula is C27H30ClFN6O4S2. The van der Waals surface area contributed by atoms with Crippen molar-refractivity contribution in [3.8, 4) is 0 Å². The average Bonchev–Trinajstić information content (AvgIpc) is 3.36. The van der Waals surface area contributed by atoms with Gasteiger partial charge in [0.1, 0.15) is 5.82 Å². The molecule has 14 heteroatoms. The molecule has 0 saturated heterocycles. The summed E-state index contributed by atoms with van der Waals surface area (Å²) in [7, 11) is -8.20. The normalized spacial score (nSPS) is 17.0. The summed E-state index contributed by atoms with van der Waals surface area (Å²) in [6.45, 7) is 3.62. The second-order valence-corrected chi connectivity index (χ2v) is 13.2. The Balaban J connectivity index is 1.77. The van der Waals surface area contributed by atoms with Crippen LogP contribution in [0.4, 0.5) is 4.39 Å². The third-order valence-corrected chi connectivity index (χ3v) is 8.64. The third kappa shape index (κ3) is 8.11. The lowest BCUT2D eigenvalue weighted by atomic mass is 9.91. The van der Waals surface area contributed by atoms with E-state index in [4.69, 9.17) is 21.8 Å². The number of nitrogens with zero attached hydrogens (tertiary/aromatic N) is 3. The molecule has 0 saturated carbocycles. The number of hydrogen-bond donors (Lipinski definition) is 3.